The van der Waals surface area contributed by atoms with Crippen molar-refractivity contribution in [1.29, 1.82) is 0 Å². The second-order valence-corrected chi connectivity index (χ2v) is 4.32. The Morgan fingerprint density at radius 1 is 0.600 bits per heavy atom. The van der Waals surface area contributed by atoms with Gasteiger partial charge in [0.05, 0.1) is 0 Å². The van der Waals surface area contributed by atoms with E-state index in [1.54, 1.807) is 0 Å². The van der Waals surface area contributed by atoms with Crippen LogP contribution < -0.4 is 0 Å². The van der Waals surface area contributed by atoms with Crippen LogP contribution in [0.3, 0.4) is 0 Å². The first-order valence-electron chi connectivity index (χ1n) is 5.56. The zero-order valence-electron chi connectivity index (χ0n) is 8.74. The molecule has 3 rings (SSSR count). The van der Waals surface area contributed by atoms with Crippen LogP contribution in [0.1, 0.15) is 22.3 Å². The molecule has 1 aliphatic rings. The molecule has 0 N–H and O–H groups in total. The molecule has 1 aliphatic carbocycles. The third kappa shape index (κ3) is 1.80. The fraction of sp³-hybridized carbons (Fsp3) is 0.200. The van der Waals surface area contributed by atoms with E-state index in [1.165, 1.54) is 22.3 Å². The quantitative estimate of drug-likeness (QED) is 0.603. The predicted molar refractivity (Wildman–Crippen MR) is 63.1 cm³/mol. The van der Waals surface area contributed by atoms with E-state index in [9.17, 15) is 0 Å². The molecule has 0 fully saturated rings. The molecule has 15 heavy (non-hydrogen) atoms. The average Bonchev–Trinajstić information content (AvgIpc) is 2.30. The summed E-state index contributed by atoms with van der Waals surface area (Å²) in [6.07, 6.45) is 3.40. The number of aryl methyl sites for hydroxylation is 2. The maximum absolute atomic E-state index is 2.34. The molecule has 74 valence electrons. The Labute approximate surface area is 90.6 Å². The number of fused-ring (bicyclic) bond motifs is 4. The molecule has 0 unspecified atom stereocenters. The molecule has 4 bridgehead atoms. The lowest BCUT2D eigenvalue weighted by atomic mass is 10.0. The van der Waals surface area contributed by atoms with Crippen molar-refractivity contribution in [3.8, 4) is 0 Å². The Morgan fingerprint density at radius 2 is 1.07 bits per heavy atom. The summed E-state index contributed by atoms with van der Waals surface area (Å²) >= 11 is 0. The molecule has 0 nitrogen and oxygen atoms in total. The fourth-order valence-electron chi connectivity index (χ4n) is 2.31. The summed E-state index contributed by atoms with van der Waals surface area (Å²) in [5, 5.41) is 0. The summed E-state index contributed by atoms with van der Waals surface area (Å²) in [5.74, 6) is 0. The highest BCUT2D eigenvalue weighted by Gasteiger charge is 2.04. The first kappa shape index (κ1) is 8.72. The third-order valence-corrected chi connectivity index (χ3v) is 3.09. The van der Waals surface area contributed by atoms with Gasteiger partial charge in [0, 0.05) is 0 Å². The van der Waals surface area contributed by atoms with E-state index in [4.69, 9.17) is 0 Å². The fourth-order valence-corrected chi connectivity index (χ4v) is 2.31. The molecule has 0 atom stereocenters. The van der Waals surface area contributed by atoms with Crippen molar-refractivity contribution in [2.75, 3.05) is 0 Å². The van der Waals surface area contributed by atoms with Gasteiger partial charge in [-0.2, -0.15) is 0 Å². The van der Waals surface area contributed by atoms with Crippen molar-refractivity contribution in [2.45, 2.75) is 19.3 Å². The number of hydrogen-bond acceptors (Lipinski definition) is 0. The van der Waals surface area contributed by atoms with Crippen molar-refractivity contribution in [3.05, 3.63) is 70.8 Å². The second kappa shape index (κ2) is 3.54. The van der Waals surface area contributed by atoms with Gasteiger partial charge in [0.25, 0.3) is 0 Å². The minimum absolute atomic E-state index is 1.07. The van der Waals surface area contributed by atoms with E-state index >= 15 is 0 Å². The van der Waals surface area contributed by atoms with Gasteiger partial charge in [-0.15, -0.1) is 0 Å². The van der Waals surface area contributed by atoms with Crippen LogP contribution in [0.15, 0.2) is 48.5 Å². The standard InChI is InChI=1S/C15H14/c1-3-12-7-8-13-4-2-6-15(10-13)11-14(5-1)9-12/h1-6,9-10H,7-8,11H2. The van der Waals surface area contributed by atoms with Gasteiger partial charge >= 0.3 is 0 Å². The maximum atomic E-state index is 2.34. The molecule has 0 heterocycles. The van der Waals surface area contributed by atoms with Crippen LogP contribution in [-0.4, -0.2) is 0 Å². The highest BCUT2D eigenvalue weighted by Crippen LogP contribution is 2.17. The van der Waals surface area contributed by atoms with Crippen LogP contribution in [0, 0.1) is 0 Å². The maximum Gasteiger partial charge on any atom is -0.00256 e. The van der Waals surface area contributed by atoms with Crippen molar-refractivity contribution in [1.82, 2.24) is 0 Å². The average molecular weight is 194 g/mol. The van der Waals surface area contributed by atoms with Crippen LogP contribution in [0.5, 0.6) is 0 Å². The lowest BCUT2D eigenvalue weighted by molar-refractivity contribution is 0.961. The van der Waals surface area contributed by atoms with Crippen LogP contribution in [-0.2, 0) is 19.3 Å². The van der Waals surface area contributed by atoms with E-state index in [0.717, 1.165) is 19.3 Å². The van der Waals surface area contributed by atoms with E-state index in [-0.39, 0.29) is 0 Å². The lowest BCUT2D eigenvalue weighted by Crippen LogP contribution is -1.89. The first-order chi connectivity index (χ1) is 7.40. The van der Waals surface area contributed by atoms with Crippen LogP contribution in [0.2, 0.25) is 0 Å². The number of benzene rings is 2. The Morgan fingerprint density at radius 3 is 1.60 bits per heavy atom. The molecule has 0 radical (unpaired) electrons. The van der Waals surface area contributed by atoms with E-state index in [0.29, 0.717) is 0 Å². The monoisotopic (exact) mass is 194 g/mol. The topological polar surface area (TPSA) is 0 Å². The van der Waals surface area contributed by atoms with Crippen LogP contribution in [0.25, 0.3) is 0 Å². The number of rotatable bonds is 0. The van der Waals surface area contributed by atoms with Crippen molar-refractivity contribution in [3.63, 3.8) is 0 Å². The molecule has 0 aliphatic heterocycles. The summed E-state index contributed by atoms with van der Waals surface area (Å²) < 4.78 is 0. The van der Waals surface area contributed by atoms with Gasteiger partial charge in [-0.1, -0.05) is 48.5 Å². The normalized spacial score (nSPS) is 13.9. The van der Waals surface area contributed by atoms with Gasteiger partial charge in [0.2, 0.25) is 0 Å². The highest BCUT2D eigenvalue weighted by atomic mass is 14.1. The summed E-state index contributed by atoms with van der Waals surface area (Å²) in [4.78, 5) is 0. The van der Waals surface area contributed by atoms with Crippen molar-refractivity contribution in [2.24, 2.45) is 0 Å². The molecule has 0 spiro atoms. The molecular weight excluding hydrogens is 180 g/mol. The van der Waals surface area contributed by atoms with Crippen LogP contribution in [0.4, 0.5) is 0 Å². The van der Waals surface area contributed by atoms with E-state index < -0.39 is 0 Å². The van der Waals surface area contributed by atoms with Gasteiger partial charge in [0.1, 0.15) is 0 Å². The van der Waals surface area contributed by atoms with E-state index in [2.05, 4.69) is 48.5 Å². The molecule has 0 amide bonds. The van der Waals surface area contributed by atoms with Crippen molar-refractivity contribution >= 4 is 0 Å². The first-order valence-corrected chi connectivity index (χ1v) is 5.56. The predicted octanol–water partition coefficient (Wildman–Crippen LogP) is 3.38. The molecule has 0 saturated carbocycles. The van der Waals surface area contributed by atoms with Crippen LogP contribution >= 0.6 is 0 Å². The van der Waals surface area contributed by atoms with E-state index in [1.807, 2.05) is 0 Å². The van der Waals surface area contributed by atoms with Gasteiger partial charge in [-0.05, 0) is 41.5 Å². The molecule has 0 heteroatoms. The smallest absolute Gasteiger partial charge is 0.00256 e. The highest BCUT2D eigenvalue weighted by molar-refractivity contribution is 5.34. The van der Waals surface area contributed by atoms with Crippen molar-refractivity contribution < 1.29 is 0 Å². The molecule has 2 aromatic rings. The second-order valence-electron chi connectivity index (χ2n) is 4.32. The number of hydrogen-bond donors (Lipinski definition) is 0. The SMILES string of the molecule is c1cc2cc(c1)Cc1cccc(c1)CC2. The largest absolute Gasteiger partial charge is 0.0617 e. The Hall–Kier alpha value is -1.56. The van der Waals surface area contributed by atoms with Gasteiger partial charge in [-0.25, -0.2) is 0 Å². The van der Waals surface area contributed by atoms with Gasteiger partial charge in [-0.3, -0.25) is 0 Å². The summed E-state index contributed by atoms with van der Waals surface area (Å²) in [5.41, 5.74) is 5.81. The Kier molecular flexibility index (Phi) is 2.06. The van der Waals surface area contributed by atoms with Gasteiger partial charge in [0.15, 0.2) is 0 Å². The van der Waals surface area contributed by atoms with Gasteiger partial charge < -0.3 is 0 Å². The summed E-state index contributed by atoms with van der Waals surface area (Å²) in [7, 11) is 0. The molecule has 2 aromatic carbocycles. The third-order valence-electron chi connectivity index (χ3n) is 3.09. The Bertz CT molecular complexity index is 437. The lowest BCUT2D eigenvalue weighted by Gasteiger charge is -2.02. The molecule has 0 aromatic heterocycles. The summed E-state index contributed by atoms with van der Waals surface area (Å²) in [6.45, 7) is 0. The zero-order valence-corrected chi connectivity index (χ0v) is 8.74. The Balaban J connectivity index is 2.10. The minimum Gasteiger partial charge on any atom is -0.0617 e. The minimum atomic E-state index is 1.07. The molecular formula is C15H14. The zero-order chi connectivity index (χ0) is 10.1. The summed E-state index contributed by atoms with van der Waals surface area (Å²) in [6, 6.07) is 18.0. The molecule has 0 saturated heterocycles.